The SMILES string of the molecule is CN1CCN(CCNC(=O)[C@@H]2c3ccccc3C(=O)N(C3CCCC3)[C@H]2c2ccc(Cl)cc2Cl)CC1. The number of amides is 2. The predicted octanol–water partition coefficient (Wildman–Crippen LogP) is 4.58. The lowest BCUT2D eigenvalue weighted by Crippen LogP contribution is -2.52. The average Bonchev–Trinajstić information content (AvgIpc) is 3.40. The molecule has 2 amide bonds. The zero-order valence-corrected chi connectivity index (χ0v) is 22.3. The second kappa shape index (κ2) is 11.1. The van der Waals surface area contributed by atoms with Crippen LogP contribution in [0.15, 0.2) is 42.5 Å². The van der Waals surface area contributed by atoms with Gasteiger partial charge in [-0.3, -0.25) is 14.5 Å². The summed E-state index contributed by atoms with van der Waals surface area (Å²) in [7, 11) is 2.14. The number of nitrogens with zero attached hydrogens (tertiary/aromatic N) is 3. The molecule has 2 fully saturated rings. The minimum atomic E-state index is -0.550. The third-order valence-corrected chi connectivity index (χ3v) is 8.54. The Morgan fingerprint density at radius 1 is 1.00 bits per heavy atom. The van der Waals surface area contributed by atoms with Gasteiger partial charge in [0.15, 0.2) is 0 Å². The summed E-state index contributed by atoms with van der Waals surface area (Å²) in [6, 6.07) is 12.5. The van der Waals surface area contributed by atoms with E-state index >= 15 is 0 Å². The topological polar surface area (TPSA) is 55.9 Å². The zero-order valence-electron chi connectivity index (χ0n) is 20.8. The average molecular weight is 530 g/mol. The Morgan fingerprint density at radius 2 is 1.72 bits per heavy atom. The molecule has 2 aromatic carbocycles. The number of benzene rings is 2. The highest BCUT2D eigenvalue weighted by Gasteiger charge is 2.47. The molecule has 2 aromatic rings. The normalized spacial score (nSPS) is 23.6. The second-order valence-corrected chi connectivity index (χ2v) is 11.1. The monoisotopic (exact) mass is 528 g/mol. The van der Waals surface area contributed by atoms with E-state index in [1.165, 1.54) is 0 Å². The van der Waals surface area contributed by atoms with Gasteiger partial charge in [0.2, 0.25) is 5.91 Å². The van der Waals surface area contributed by atoms with Crippen LogP contribution in [0.4, 0.5) is 0 Å². The van der Waals surface area contributed by atoms with Crippen molar-refractivity contribution in [3.05, 3.63) is 69.2 Å². The molecule has 192 valence electrons. The van der Waals surface area contributed by atoms with Crippen molar-refractivity contribution < 1.29 is 9.59 Å². The summed E-state index contributed by atoms with van der Waals surface area (Å²) in [5.74, 6) is -0.635. The van der Waals surface area contributed by atoms with Crippen molar-refractivity contribution in [1.29, 1.82) is 0 Å². The summed E-state index contributed by atoms with van der Waals surface area (Å²) in [4.78, 5) is 34.5. The quantitative estimate of drug-likeness (QED) is 0.596. The van der Waals surface area contributed by atoms with Crippen LogP contribution in [0, 0.1) is 0 Å². The zero-order chi connectivity index (χ0) is 25.2. The lowest BCUT2D eigenvalue weighted by atomic mass is 9.78. The van der Waals surface area contributed by atoms with E-state index in [2.05, 4.69) is 22.2 Å². The van der Waals surface area contributed by atoms with E-state index in [0.717, 1.165) is 69.5 Å². The highest BCUT2D eigenvalue weighted by molar-refractivity contribution is 6.35. The Hall–Kier alpha value is -2.12. The van der Waals surface area contributed by atoms with Gasteiger partial charge >= 0.3 is 0 Å². The van der Waals surface area contributed by atoms with Crippen molar-refractivity contribution in [3.8, 4) is 0 Å². The van der Waals surface area contributed by atoms with Crippen molar-refractivity contribution in [2.24, 2.45) is 0 Å². The molecule has 6 nitrogen and oxygen atoms in total. The molecule has 2 atom stereocenters. The first-order chi connectivity index (χ1) is 17.4. The molecule has 3 aliphatic rings. The molecule has 2 heterocycles. The van der Waals surface area contributed by atoms with Crippen LogP contribution in [0.5, 0.6) is 0 Å². The van der Waals surface area contributed by atoms with Gasteiger partial charge in [-0.05, 0) is 49.2 Å². The van der Waals surface area contributed by atoms with Crippen LogP contribution in [0.1, 0.15) is 59.1 Å². The number of hydrogen-bond donors (Lipinski definition) is 1. The third kappa shape index (κ3) is 5.14. The van der Waals surface area contributed by atoms with E-state index in [0.29, 0.717) is 22.2 Å². The molecule has 0 bridgehead atoms. The van der Waals surface area contributed by atoms with E-state index in [1.54, 1.807) is 12.1 Å². The number of hydrogen-bond acceptors (Lipinski definition) is 4. The van der Waals surface area contributed by atoms with Gasteiger partial charge in [0.25, 0.3) is 5.91 Å². The molecular formula is C28H34Cl2N4O2. The molecule has 0 spiro atoms. The highest BCUT2D eigenvalue weighted by atomic mass is 35.5. The van der Waals surface area contributed by atoms with Crippen molar-refractivity contribution >= 4 is 35.0 Å². The summed E-state index contributed by atoms with van der Waals surface area (Å²) < 4.78 is 0. The maximum absolute atomic E-state index is 13.9. The van der Waals surface area contributed by atoms with Gasteiger partial charge in [-0.25, -0.2) is 0 Å². The van der Waals surface area contributed by atoms with Gasteiger partial charge in [-0.15, -0.1) is 0 Å². The fraction of sp³-hybridized carbons (Fsp3) is 0.500. The molecule has 0 aromatic heterocycles. The molecule has 2 aliphatic heterocycles. The van der Waals surface area contributed by atoms with Crippen LogP contribution < -0.4 is 5.32 Å². The summed E-state index contributed by atoms with van der Waals surface area (Å²) in [5, 5.41) is 4.23. The van der Waals surface area contributed by atoms with Crippen LogP contribution in [-0.4, -0.2) is 78.9 Å². The van der Waals surface area contributed by atoms with Crippen LogP contribution >= 0.6 is 23.2 Å². The number of rotatable bonds is 6. The fourth-order valence-electron chi connectivity index (χ4n) is 6.01. The van der Waals surface area contributed by atoms with E-state index in [9.17, 15) is 9.59 Å². The number of carbonyl (C=O) groups excluding carboxylic acids is 2. The maximum Gasteiger partial charge on any atom is 0.254 e. The number of piperazine rings is 1. The van der Waals surface area contributed by atoms with Gasteiger partial charge in [-0.1, -0.05) is 60.3 Å². The Balaban J connectivity index is 1.48. The molecular weight excluding hydrogens is 495 g/mol. The Labute approximate surface area is 223 Å². The standard InChI is InChI=1S/C28H34Cl2N4O2/c1-32-14-16-33(17-15-32)13-12-31-27(35)25-21-8-4-5-9-22(21)28(36)34(20-6-2-3-7-20)26(25)23-11-10-19(29)18-24(23)30/h4-5,8-11,18,20,25-26H,2-3,6-7,12-17H2,1H3,(H,31,35)/t25-,26+/m1/s1. The number of fused-ring (bicyclic) bond motifs is 1. The van der Waals surface area contributed by atoms with E-state index in [4.69, 9.17) is 23.2 Å². The molecule has 8 heteroatoms. The maximum atomic E-state index is 13.9. The summed E-state index contributed by atoms with van der Waals surface area (Å²) in [6.45, 7) is 5.47. The molecule has 5 rings (SSSR count). The predicted molar refractivity (Wildman–Crippen MR) is 144 cm³/mol. The largest absolute Gasteiger partial charge is 0.354 e. The lowest BCUT2D eigenvalue weighted by Gasteiger charge is -2.45. The number of carbonyl (C=O) groups is 2. The van der Waals surface area contributed by atoms with Crippen molar-refractivity contribution in [2.45, 2.75) is 43.7 Å². The van der Waals surface area contributed by atoms with Gasteiger partial charge in [0.1, 0.15) is 0 Å². The van der Waals surface area contributed by atoms with Gasteiger partial charge < -0.3 is 15.1 Å². The van der Waals surface area contributed by atoms with Crippen molar-refractivity contribution in [3.63, 3.8) is 0 Å². The van der Waals surface area contributed by atoms with E-state index in [-0.39, 0.29) is 17.9 Å². The summed E-state index contributed by atoms with van der Waals surface area (Å²) in [6.07, 6.45) is 4.04. The number of halogens is 2. The molecule has 36 heavy (non-hydrogen) atoms. The minimum absolute atomic E-state index is 0.0185. The molecule has 1 aliphatic carbocycles. The highest BCUT2D eigenvalue weighted by Crippen LogP contribution is 2.47. The van der Waals surface area contributed by atoms with Gasteiger partial charge in [0.05, 0.1) is 12.0 Å². The fourth-order valence-corrected chi connectivity index (χ4v) is 6.53. The van der Waals surface area contributed by atoms with Gasteiger partial charge in [0, 0.05) is 60.9 Å². The first-order valence-electron chi connectivity index (χ1n) is 13.0. The van der Waals surface area contributed by atoms with Crippen LogP contribution in [0.3, 0.4) is 0 Å². The first kappa shape index (κ1) is 25.5. The second-order valence-electron chi connectivity index (χ2n) is 10.3. The molecule has 1 saturated heterocycles. The molecule has 0 radical (unpaired) electrons. The Bertz CT molecular complexity index is 1110. The Morgan fingerprint density at radius 3 is 2.44 bits per heavy atom. The molecule has 1 saturated carbocycles. The third-order valence-electron chi connectivity index (χ3n) is 7.98. The van der Waals surface area contributed by atoms with Crippen molar-refractivity contribution in [2.75, 3.05) is 46.3 Å². The molecule has 0 unspecified atom stereocenters. The minimum Gasteiger partial charge on any atom is -0.354 e. The lowest BCUT2D eigenvalue weighted by molar-refractivity contribution is -0.124. The smallest absolute Gasteiger partial charge is 0.254 e. The molecule has 1 N–H and O–H groups in total. The van der Waals surface area contributed by atoms with E-state index < -0.39 is 12.0 Å². The van der Waals surface area contributed by atoms with Crippen LogP contribution in [0.25, 0.3) is 0 Å². The van der Waals surface area contributed by atoms with Crippen LogP contribution in [-0.2, 0) is 4.79 Å². The summed E-state index contributed by atoms with van der Waals surface area (Å²) >= 11 is 13.0. The van der Waals surface area contributed by atoms with Gasteiger partial charge in [-0.2, -0.15) is 0 Å². The summed E-state index contributed by atoms with van der Waals surface area (Å²) in [5.41, 5.74) is 2.16. The van der Waals surface area contributed by atoms with Crippen molar-refractivity contribution in [1.82, 2.24) is 20.0 Å². The Kier molecular flexibility index (Phi) is 7.87. The first-order valence-corrected chi connectivity index (χ1v) is 13.7. The van der Waals surface area contributed by atoms with E-state index in [1.807, 2.05) is 35.2 Å². The van der Waals surface area contributed by atoms with Crippen LogP contribution in [0.2, 0.25) is 10.0 Å². The number of likely N-dealkylation sites (N-methyl/N-ethyl adjacent to an activating group) is 1. The number of nitrogens with one attached hydrogen (secondary N) is 1.